The summed E-state index contributed by atoms with van der Waals surface area (Å²) in [5.74, 6) is -0.175. The van der Waals surface area contributed by atoms with E-state index in [4.69, 9.17) is 0 Å². The van der Waals surface area contributed by atoms with Gasteiger partial charge in [-0.15, -0.1) is 11.3 Å². The number of nitrogens with one attached hydrogen (secondary N) is 1. The largest absolute Gasteiger partial charge is 0.321 e. The molecule has 0 aliphatic carbocycles. The summed E-state index contributed by atoms with van der Waals surface area (Å²) in [7, 11) is -3.69. The molecule has 5 nitrogen and oxygen atoms in total. The van der Waals surface area contributed by atoms with Crippen molar-refractivity contribution in [3.63, 3.8) is 0 Å². The van der Waals surface area contributed by atoms with Gasteiger partial charge in [0.2, 0.25) is 0 Å². The van der Waals surface area contributed by atoms with Crippen LogP contribution in [0, 0.1) is 20.8 Å². The molecule has 4 rings (SSSR count). The summed E-state index contributed by atoms with van der Waals surface area (Å²) in [6.07, 6.45) is 0. The van der Waals surface area contributed by atoms with Crippen LogP contribution in [0.1, 0.15) is 33.3 Å². The Balaban J connectivity index is 1.65. The molecule has 0 bridgehead atoms. The van der Waals surface area contributed by atoms with Gasteiger partial charge < -0.3 is 5.32 Å². The van der Waals surface area contributed by atoms with Crippen molar-refractivity contribution in [2.24, 2.45) is 0 Å². The van der Waals surface area contributed by atoms with Crippen molar-refractivity contribution in [1.82, 2.24) is 0 Å². The van der Waals surface area contributed by atoms with Crippen molar-refractivity contribution < 1.29 is 13.2 Å². The SMILES string of the molecule is CCN(c1ccc2sc(C(=O)Nc3cc(C)ccc3C)cc2c1)S(=O)(=O)c1ccc(C)cc1. The highest BCUT2D eigenvalue weighted by molar-refractivity contribution is 7.92. The lowest BCUT2D eigenvalue weighted by atomic mass is 10.1. The summed E-state index contributed by atoms with van der Waals surface area (Å²) < 4.78 is 28.8. The number of sulfonamides is 1. The molecule has 0 unspecified atom stereocenters. The molecular weight excluding hydrogens is 452 g/mol. The van der Waals surface area contributed by atoms with Crippen LogP contribution in [0.2, 0.25) is 0 Å². The Morgan fingerprint density at radius 2 is 1.61 bits per heavy atom. The zero-order chi connectivity index (χ0) is 23.8. The third-order valence-corrected chi connectivity index (χ3v) is 8.58. The van der Waals surface area contributed by atoms with Gasteiger partial charge in [-0.2, -0.15) is 0 Å². The zero-order valence-electron chi connectivity index (χ0n) is 19.0. The number of hydrogen-bond acceptors (Lipinski definition) is 4. The number of thiophene rings is 1. The molecule has 0 aliphatic rings. The highest BCUT2D eigenvalue weighted by atomic mass is 32.2. The number of hydrogen-bond donors (Lipinski definition) is 1. The topological polar surface area (TPSA) is 66.5 Å². The van der Waals surface area contributed by atoms with E-state index in [0.717, 1.165) is 32.5 Å². The number of fused-ring (bicyclic) bond motifs is 1. The van der Waals surface area contributed by atoms with E-state index in [-0.39, 0.29) is 10.8 Å². The molecule has 0 fully saturated rings. The highest BCUT2D eigenvalue weighted by Gasteiger charge is 2.24. The molecule has 33 heavy (non-hydrogen) atoms. The monoisotopic (exact) mass is 478 g/mol. The van der Waals surface area contributed by atoms with E-state index >= 15 is 0 Å². The first-order chi connectivity index (χ1) is 15.7. The van der Waals surface area contributed by atoms with E-state index in [1.54, 1.807) is 30.3 Å². The van der Waals surface area contributed by atoms with Crippen LogP contribution >= 0.6 is 11.3 Å². The minimum absolute atomic E-state index is 0.175. The predicted octanol–water partition coefficient (Wildman–Crippen LogP) is 6.29. The second-order valence-electron chi connectivity index (χ2n) is 8.09. The number of nitrogens with zero attached hydrogens (tertiary/aromatic N) is 1. The van der Waals surface area contributed by atoms with Gasteiger partial charge in [0.15, 0.2) is 0 Å². The first-order valence-electron chi connectivity index (χ1n) is 10.7. The van der Waals surface area contributed by atoms with Gasteiger partial charge in [0.25, 0.3) is 15.9 Å². The molecule has 3 aromatic carbocycles. The lowest BCUT2D eigenvalue weighted by Gasteiger charge is -2.23. The number of carbonyl (C=O) groups is 1. The van der Waals surface area contributed by atoms with Crippen LogP contribution in [0.3, 0.4) is 0 Å². The van der Waals surface area contributed by atoms with Gasteiger partial charge in [0, 0.05) is 16.9 Å². The Hall–Kier alpha value is -3.16. The Morgan fingerprint density at radius 3 is 2.30 bits per heavy atom. The Kier molecular flexibility index (Phi) is 6.28. The molecule has 0 radical (unpaired) electrons. The van der Waals surface area contributed by atoms with Crippen molar-refractivity contribution >= 4 is 48.7 Å². The molecule has 170 valence electrons. The van der Waals surface area contributed by atoms with E-state index in [2.05, 4.69) is 5.32 Å². The number of anilines is 2. The zero-order valence-corrected chi connectivity index (χ0v) is 20.7. The van der Waals surface area contributed by atoms with Crippen molar-refractivity contribution in [2.45, 2.75) is 32.6 Å². The van der Waals surface area contributed by atoms with Crippen molar-refractivity contribution in [2.75, 3.05) is 16.2 Å². The fourth-order valence-corrected chi connectivity index (χ4v) is 6.08. The molecule has 0 atom stereocenters. The van der Waals surface area contributed by atoms with Crippen LogP contribution in [-0.2, 0) is 10.0 Å². The molecule has 1 amide bonds. The molecule has 0 spiro atoms. The molecule has 1 N–H and O–H groups in total. The minimum atomic E-state index is -3.69. The van der Waals surface area contributed by atoms with Crippen LogP contribution < -0.4 is 9.62 Å². The van der Waals surface area contributed by atoms with Gasteiger partial charge in [0.1, 0.15) is 0 Å². The minimum Gasteiger partial charge on any atom is -0.321 e. The summed E-state index contributed by atoms with van der Waals surface area (Å²) in [5, 5.41) is 3.83. The number of aryl methyl sites for hydroxylation is 3. The maximum atomic E-state index is 13.3. The van der Waals surface area contributed by atoms with E-state index in [9.17, 15) is 13.2 Å². The molecule has 0 aliphatic heterocycles. The van der Waals surface area contributed by atoms with Crippen LogP contribution in [0.15, 0.2) is 71.6 Å². The molecule has 0 saturated carbocycles. The fourth-order valence-electron chi connectivity index (χ4n) is 3.68. The van der Waals surface area contributed by atoms with E-state index in [1.165, 1.54) is 15.6 Å². The van der Waals surface area contributed by atoms with Gasteiger partial charge >= 0.3 is 0 Å². The molecule has 1 heterocycles. The van der Waals surface area contributed by atoms with Crippen molar-refractivity contribution in [1.29, 1.82) is 0 Å². The third kappa shape index (κ3) is 4.65. The number of benzene rings is 3. The average Bonchev–Trinajstić information content (AvgIpc) is 3.21. The number of amides is 1. The standard InChI is InChI=1S/C26H26N2O3S2/c1-5-28(33(30,31)22-11-7-17(2)8-12-22)21-10-13-24-20(15-21)16-25(32-24)26(29)27-23-14-18(3)6-9-19(23)4/h6-16H,5H2,1-4H3,(H,27,29). The summed E-state index contributed by atoms with van der Waals surface area (Å²) in [5.41, 5.74) is 4.44. The average molecular weight is 479 g/mol. The summed E-state index contributed by atoms with van der Waals surface area (Å²) in [4.78, 5) is 13.7. The van der Waals surface area contributed by atoms with E-state index in [1.807, 2.05) is 64.1 Å². The van der Waals surface area contributed by atoms with Gasteiger partial charge in [-0.05, 0) is 86.7 Å². The smallest absolute Gasteiger partial charge is 0.265 e. The van der Waals surface area contributed by atoms with Crippen molar-refractivity contribution in [3.8, 4) is 0 Å². The Bertz CT molecular complexity index is 1440. The molecule has 1 aromatic heterocycles. The summed E-state index contributed by atoms with van der Waals surface area (Å²) in [6.45, 7) is 7.98. The second kappa shape index (κ2) is 9.00. The number of rotatable bonds is 6. The maximum Gasteiger partial charge on any atom is 0.265 e. The number of carbonyl (C=O) groups excluding carboxylic acids is 1. The molecule has 4 aromatic rings. The van der Waals surface area contributed by atoms with Gasteiger partial charge in [-0.1, -0.05) is 29.8 Å². The van der Waals surface area contributed by atoms with E-state index in [0.29, 0.717) is 17.1 Å². The Labute approximate surface area is 198 Å². The fraction of sp³-hybridized carbons (Fsp3) is 0.192. The van der Waals surface area contributed by atoms with Crippen LogP contribution in [0.5, 0.6) is 0 Å². The first kappa shape index (κ1) is 23.0. The predicted molar refractivity (Wildman–Crippen MR) is 137 cm³/mol. The molecule has 7 heteroatoms. The second-order valence-corrected chi connectivity index (χ2v) is 11.0. The normalized spacial score (nSPS) is 11.5. The van der Waals surface area contributed by atoms with Gasteiger partial charge in [-0.25, -0.2) is 8.42 Å². The highest BCUT2D eigenvalue weighted by Crippen LogP contribution is 2.32. The third-order valence-electron chi connectivity index (χ3n) is 5.55. The molecule has 0 saturated heterocycles. The van der Waals surface area contributed by atoms with Crippen molar-refractivity contribution in [3.05, 3.63) is 88.3 Å². The maximum absolute atomic E-state index is 13.3. The van der Waals surface area contributed by atoms with Crippen LogP contribution in [0.4, 0.5) is 11.4 Å². The molecular formula is C26H26N2O3S2. The lowest BCUT2D eigenvalue weighted by molar-refractivity contribution is 0.103. The van der Waals surface area contributed by atoms with E-state index < -0.39 is 10.0 Å². The van der Waals surface area contributed by atoms with Crippen LogP contribution in [-0.4, -0.2) is 20.9 Å². The summed E-state index contributed by atoms with van der Waals surface area (Å²) in [6, 6.07) is 20.1. The van der Waals surface area contributed by atoms with Gasteiger partial charge in [0.05, 0.1) is 15.5 Å². The first-order valence-corrected chi connectivity index (χ1v) is 13.0. The Morgan fingerprint density at radius 1 is 0.909 bits per heavy atom. The quantitative estimate of drug-likeness (QED) is 0.354. The van der Waals surface area contributed by atoms with Gasteiger partial charge in [-0.3, -0.25) is 9.10 Å². The lowest BCUT2D eigenvalue weighted by Crippen LogP contribution is -2.30. The summed E-state index contributed by atoms with van der Waals surface area (Å²) >= 11 is 1.39. The van der Waals surface area contributed by atoms with Crippen LogP contribution in [0.25, 0.3) is 10.1 Å².